The van der Waals surface area contributed by atoms with Crippen molar-refractivity contribution in [1.29, 1.82) is 0 Å². The van der Waals surface area contributed by atoms with Gasteiger partial charge in [-0.2, -0.15) is 0 Å². The molecule has 6 heteroatoms. The van der Waals surface area contributed by atoms with Crippen LogP contribution in [0.25, 0.3) is 0 Å². The third-order valence-corrected chi connectivity index (χ3v) is 3.63. The normalized spacial score (nSPS) is 21.9. The molecule has 5 nitrogen and oxygen atoms in total. The molecule has 1 aromatic rings. The van der Waals surface area contributed by atoms with E-state index in [1.165, 1.54) is 25.3 Å². The average Bonchev–Trinajstić information content (AvgIpc) is 2.78. The van der Waals surface area contributed by atoms with Gasteiger partial charge < -0.3 is 19.6 Å². The van der Waals surface area contributed by atoms with Crippen LogP contribution in [-0.2, 0) is 0 Å². The lowest BCUT2D eigenvalue weighted by atomic mass is 10.0. The topological polar surface area (TPSA) is 53.0 Å². The minimum atomic E-state index is -0.917. The maximum absolute atomic E-state index is 13.7. The molecule has 0 unspecified atom stereocenters. The summed E-state index contributed by atoms with van der Waals surface area (Å²) in [5.74, 6) is -0.933. The molecule has 1 aliphatic rings. The first-order valence-corrected chi connectivity index (χ1v) is 6.85. The number of nitrogens with zero attached hydrogens (tertiary/aromatic N) is 2. The number of halogens is 1. The number of carbonyl (C=O) groups excluding carboxylic acids is 1. The van der Waals surface area contributed by atoms with Gasteiger partial charge in [0.1, 0.15) is 0 Å². The monoisotopic (exact) mass is 296 g/mol. The van der Waals surface area contributed by atoms with Crippen molar-refractivity contribution in [2.45, 2.75) is 12.0 Å². The summed E-state index contributed by atoms with van der Waals surface area (Å²) in [7, 11) is 5.08. The minimum absolute atomic E-state index is 0.0504. The van der Waals surface area contributed by atoms with Gasteiger partial charge in [0, 0.05) is 13.1 Å². The highest BCUT2D eigenvalue weighted by molar-refractivity contribution is 5.97. The average molecular weight is 296 g/mol. The summed E-state index contributed by atoms with van der Waals surface area (Å²) >= 11 is 0. The van der Waals surface area contributed by atoms with E-state index in [4.69, 9.17) is 4.74 Å². The van der Waals surface area contributed by atoms with Gasteiger partial charge in [-0.05, 0) is 32.6 Å². The summed E-state index contributed by atoms with van der Waals surface area (Å²) < 4.78 is 18.7. The standard InChI is InChI=1S/C15H21FN2O3/c1-17(2)9-15(20)7-8-18(10-15)14(19)11-5-4-6-12(16)13(11)21-3/h4-6,20H,7-10H2,1-3H3/t15-/m0/s1. The van der Waals surface area contributed by atoms with Crippen LogP contribution in [0.3, 0.4) is 0 Å². The first-order chi connectivity index (χ1) is 9.86. The second-order valence-corrected chi connectivity index (χ2v) is 5.76. The van der Waals surface area contributed by atoms with Gasteiger partial charge in [-0.15, -0.1) is 0 Å². The molecule has 1 saturated heterocycles. The van der Waals surface area contributed by atoms with Crippen molar-refractivity contribution >= 4 is 5.91 Å². The molecule has 0 aliphatic carbocycles. The van der Waals surface area contributed by atoms with E-state index in [-0.39, 0.29) is 23.8 Å². The molecule has 1 amide bonds. The Morgan fingerprint density at radius 2 is 2.24 bits per heavy atom. The maximum Gasteiger partial charge on any atom is 0.257 e. The molecule has 0 saturated carbocycles. The smallest absolute Gasteiger partial charge is 0.257 e. The second kappa shape index (κ2) is 5.99. The van der Waals surface area contributed by atoms with Crippen LogP contribution in [0.1, 0.15) is 16.8 Å². The van der Waals surface area contributed by atoms with Crippen LogP contribution in [0.4, 0.5) is 4.39 Å². The van der Waals surface area contributed by atoms with E-state index in [2.05, 4.69) is 0 Å². The summed E-state index contributed by atoms with van der Waals surface area (Å²) in [6.45, 7) is 1.17. The van der Waals surface area contributed by atoms with Crippen molar-refractivity contribution in [1.82, 2.24) is 9.80 Å². The summed E-state index contributed by atoms with van der Waals surface area (Å²) in [5, 5.41) is 10.5. The van der Waals surface area contributed by atoms with Crippen LogP contribution in [0.5, 0.6) is 5.75 Å². The van der Waals surface area contributed by atoms with Crippen LogP contribution >= 0.6 is 0 Å². The number of hydrogen-bond acceptors (Lipinski definition) is 4. The quantitative estimate of drug-likeness (QED) is 0.899. The number of aliphatic hydroxyl groups is 1. The van der Waals surface area contributed by atoms with Crippen molar-refractivity contribution in [2.75, 3.05) is 40.8 Å². The van der Waals surface area contributed by atoms with E-state index in [0.29, 0.717) is 19.5 Å². The number of benzene rings is 1. The first-order valence-electron chi connectivity index (χ1n) is 6.85. The predicted octanol–water partition coefficient (Wildman–Crippen LogP) is 0.973. The molecule has 2 rings (SSSR count). The van der Waals surface area contributed by atoms with Crippen LogP contribution in [-0.4, -0.2) is 67.3 Å². The number of methoxy groups -OCH3 is 1. The Hall–Kier alpha value is -1.66. The Morgan fingerprint density at radius 1 is 1.52 bits per heavy atom. The molecule has 0 aromatic heterocycles. The second-order valence-electron chi connectivity index (χ2n) is 5.76. The Labute approximate surface area is 123 Å². The third-order valence-electron chi connectivity index (χ3n) is 3.63. The van der Waals surface area contributed by atoms with Crippen LogP contribution in [0, 0.1) is 5.82 Å². The summed E-state index contributed by atoms with van der Waals surface area (Å²) in [5.41, 5.74) is -0.730. The molecule has 0 radical (unpaired) electrons. The zero-order valence-electron chi connectivity index (χ0n) is 12.6. The van der Waals surface area contributed by atoms with Gasteiger partial charge in [0.25, 0.3) is 5.91 Å². The molecule has 1 aliphatic heterocycles. The lowest BCUT2D eigenvalue weighted by Crippen LogP contribution is -2.43. The van der Waals surface area contributed by atoms with Gasteiger partial charge in [-0.3, -0.25) is 4.79 Å². The zero-order valence-corrected chi connectivity index (χ0v) is 12.6. The van der Waals surface area contributed by atoms with Gasteiger partial charge in [0.05, 0.1) is 24.8 Å². The summed E-state index contributed by atoms with van der Waals surface area (Å²) in [6, 6.07) is 4.27. The molecule has 1 aromatic carbocycles. The predicted molar refractivity (Wildman–Crippen MR) is 77.0 cm³/mol. The summed E-state index contributed by atoms with van der Waals surface area (Å²) in [4.78, 5) is 15.9. The van der Waals surface area contributed by atoms with Crippen molar-refractivity contribution < 1.29 is 19.0 Å². The highest BCUT2D eigenvalue weighted by Crippen LogP contribution is 2.28. The molecular weight excluding hydrogens is 275 g/mol. The minimum Gasteiger partial charge on any atom is -0.493 e. The maximum atomic E-state index is 13.7. The van der Waals surface area contributed by atoms with Crippen LogP contribution in [0.15, 0.2) is 18.2 Å². The van der Waals surface area contributed by atoms with E-state index in [9.17, 15) is 14.3 Å². The molecule has 21 heavy (non-hydrogen) atoms. The molecule has 0 bridgehead atoms. The van der Waals surface area contributed by atoms with E-state index in [1.807, 2.05) is 19.0 Å². The molecule has 0 spiro atoms. The van der Waals surface area contributed by atoms with Crippen molar-refractivity contribution in [2.24, 2.45) is 0 Å². The Kier molecular flexibility index (Phi) is 4.49. The van der Waals surface area contributed by atoms with Crippen LogP contribution in [0.2, 0.25) is 0 Å². The van der Waals surface area contributed by atoms with Crippen molar-refractivity contribution in [3.8, 4) is 5.75 Å². The molecular formula is C15H21FN2O3. The number of likely N-dealkylation sites (N-methyl/N-ethyl adjacent to an activating group) is 1. The number of ether oxygens (including phenoxy) is 1. The SMILES string of the molecule is COc1c(F)cccc1C(=O)N1CC[C@](O)(CN(C)C)C1. The fourth-order valence-electron chi connectivity index (χ4n) is 2.80. The highest BCUT2D eigenvalue weighted by Gasteiger charge is 2.39. The fourth-order valence-corrected chi connectivity index (χ4v) is 2.80. The van der Waals surface area contributed by atoms with Crippen molar-refractivity contribution in [3.05, 3.63) is 29.6 Å². The number of amides is 1. The van der Waals surface area contributed by atoms with Crippen molar-refractivity contribution in [3.63, 3.8) is 0 Å². The molecule has 116 valence electrons. The summed E-state index contributed by atoms with van der Waals surface area (Å²) in [6.07, 6.45) is 0.508. The number of likely N-dealkylation sites (tertiary alicyclic amines) is 1. The molecule has 1 fully saturated rings. The highest BCUT2D eigenvalue weighted by atomic mass is 19.1. The van der Waals surface area contributed by atoms with Gasteiger partial charge in [0.15, 0.2) is 11.6 Å². The lowest BCUT2D eigenvalue weighted by Gasteiger charge is -2.26. The molecule has 1 N–H and O–H groups in total. The number of rotatable bonds is 4. The van der Waals surface area contributed by atoms with Gasteiger partial charge in [-0.25, -0.2) is 4.39 Å². The Morgan fingerprint density at radius 3 is 2.86 bits per heavy atom. The van der Waals surface area contributed by atoms with Gasteiger partial charge in [-0.1, -0.05) is 6.07 Å². The van der Waals surface area contributed by atoms with Crippen LogP contribution < -0.4 is 4.74 Å². The molecule has 1 atom stereocenters. The molecule has 1 heterocycles. The zero-order chi connectivity index (χ0) is 15.6. The largest absolute Gasteiger partial charge is 0.493 e. The lowest BCUT2D eigenvalue weighted by molar-refractivity contribution is 0.0235. The van der Waals surface area contributed by atoms with E-state index >= 15 is 0 Å². The number of carbonyl (C=O) groups is 1. The Balaban J connectivity index is 2.17. The number of hydrogen-bond donors (Lipinski definition) is 1. The van der Waals surface area contributed by atoms with E-state index < -0.39 is 11.4 Å². The fraction of sp³-hybridized carbons (Fsp3) is 0.533. The van der Waals surface area contributed by atoms with Gasteiger partial charge in [0.2, 0.25) is 0 Å². The van der Waals surface area contributed by atoms with Gasteiger partial charge >= 0.3 is 0 Å². The first kappa shape index (κ1) is 15.7. The number of para-hydroxylation sites is 1. The van der Waals surface area contributed by atoms with E-state index in [0.717, 1.165) is 0 Å². The Bertz CT molecular complexity index is 536. The number of β-amino-alcohol motifs (C(OH)–C–C–N with tert-alkyl or cyclic N) is 1. The third kappa shape index (κ3) is 3.33. The van der Waals surface area contributed by atoms with E-state index in [1.54, 1.807) is 4.90 Å².